The van der Waals surface area contributed by atoms with Crippen LogP contribution in [0.2, 0.25) is 5.02 Å². The van der Waals surface area contributed by atoms with Crippen LogP contribution in [0.5, 0.6) is 0 Å². The van der Waals surface area contributed by atoms with Gasteiger partial charge in [-0.3, -0.25) is 4.79 Å². The number of rotatable bonds is 1. The third-order valence-corrected chi connectivity index (χ3v) is 4.50. The Morgan fingerprint density at radius 1 is 1.29 bits per heavy atom. The lowest BCUT2D eigenvalue weighted by molar-refractivity contribution is 0.0643. The van der Waals surface area contributed by atoms with E-state index in [1.54, 1.807) is 18.2 Å². The van der Waals surface area contributed by atoms with Crippen molar-refractivity contribution < 1.29 is 4.79 Å². The molecule has 2 aromatic rings. The standard InChI is InChI=1S/C16H18ClN3O/c1-10-3-6-15-11(2)20(8-7-19(10)15)16(21)13-9-12(18)4-5-14(13)17/h3-6,9,11H,7-8,18H2,1-2H3. The molecule has 1 aromatic carbocycles. The van der Waals surface area contributed by atoms with E-state index in [2.05, 4.69) is 23.6 Å². The van der Waals surface area contributed by atoms with Crippen molar-refractivity contribution in [3.8, 4) is 0 Å². The van der Waals surface area contributed by atoms with Gasteiger partial charge in [0.1, 0.15) is 0 Å². The van der Waals surface area contributed by atoms with Gasteiger partial charge in [0.05, 0.1) is 16.6 Å². The summed E-state index contributed by atoms with van der Waals surface area (Å²) in [7, 11) is 0. The number of nitrogens with two attached hydrogens (primary N) is 1. The van der Waals surface area contributed by atoms with Gasteiger partial charge in [-0.1, -0.05) is 11.6 Å². The van der Waals surface area contributed by atoms with Gasteiger partial charge in [-0.15, -0.1) is 0 Å². The Morgan fingerprint density at radius 3 is 2.81 bits per heavy atom. The second-order valence-corrected chi connectivity index (χ2v) is 5.87. The number of amides is 1. The Kier molecular flexibility index (Phi) is 3.41. The highest BCUT2D eigenvalue weighted by molar-refractivity contribution is 6.34. The molecular formula is C16H18ClN3O. The summed E-state index contributed by atoms with van der Waals surface area (Å²) in [6.45, 7) is 5.61. The van der Waals surface area contributed by atoms with Gasteiger partial charge >= 0.3 is 0 Å². The van der Waals surface area contributed by atoms with Crippen LogP contribution in [0.1, 0.15) is 34.7 Å². The molecule has 0 fully saturated rings. The summed E-state index contributed by atoms with van der Waals surface area (Å²) >= 11 is 6.15. The van der Waals surface area contributed by atoms with Crippen LogP contribution in [-0.2, 0) is 6.54 Å². The summed E-state index contributed by atoms with van der Waals surface area (Å²) in [6.07, 6.45) is 0. The van der Waals surface area contributed by atoms with E-state index in [4.69, 9.17) is 17.3 Å². The SMILES string of the molecule is Cc1ccc2n1CCN(C(=O)c1cc(N)ccc1Cl)C2C. The van der Waals surface area contributed by atoms with Crippen molar-refractivity contribution >= 4 is 23.2 Å². The van der Waals surface area contributed by atoms with E-state index in [0.29, 0.717) is 22.8 Å². The summed E-state index contributed by atoms with van der Waals surface area (Å²) in [6, 6.07) is 9.22. The Balaban J connectivity index is 1.95. The lowest BCUT2D eigenvalue weighted by Gasteiger charge is -2.35. The van der Waals surface area contributed by atoms with Crippen LogP contribution in [0.3, 0.4) is 0 Å². The van der Waals surface area contributed by atoms with Gasteiger partial charge in [-0.05, 0) is 44.2 Å². The average molecular weight is 304 g/mol. The third kappa shape index (κ3) is 2.29. The van der Waals surface area contributed by atoms with Gasteiger partial charge in [0, 0.05) is 30.2 Å². The third-order valence-electron chi connectivity index (χ3n) is 4.17. The van der Waals surface area contributed by atoms with Gasteiger partial charge < -0.3 is 15.2 Å². The molecule has 0 saturated heterocycles. The molecule has 1 unspecified atom stereocenters. The molecule has 5 heteroatoms. The van der Waals surface area contributed by atoms with Crippen LogP contribution in [0.4, 0.5) is 5.69 Å². The minimum absolute atomic E-state index is 0.0254. The molecule has 2 heterocycles. The second kappa shape index (κ2) is 5.11. The molecule has 0 spiro atoms. The van der Waals surface area contributed by atoms with E-state index >= 15 is 0 Å². The van der Waals surface area contributed by atoms with Crippen LogP contribution >= 0.6 is 11.6 Å². The summed E-state index contributed by atoms with van der Waals surface area (Å²) in [5, 5.41) is 0.443. The average Bonchev–Trinajstić information content (AvgIpc) is 2.84. The van der Waals surface area contributed by atoms with Crippen molar-refractivity contribution in [1.29, 1.82) is 0 Å². The number of anilines is 1. The highest BCUT2D eigenvalue weighted by Gasteiger charge is 2.29. The Hall–Kier alpha value is -1.94. The van der Waals surface area contributed by atoms with E-state index < -0.39 is 0 Å². The molecule has 0 radical (unpaired) electrons. The summed E-state index contributed by atoms with van der Waals surface area (Å²) in [5.74, 6) is -0.0649. The number of hydrogen-bond donors (Lipinski definition) is 1. The lowest BCUT2D eigenvalue weighted by atomic mass is 10.1. The number of carbonyl (C=O) groups is 1. The molecule has 0 saturated carbocycles. The number of benzene rings is 1. The van der Waals surface area contributed by atoms with Crippen molar-refractivity contribution in [2.75, 3.05) is 12.3 Å². The number of carbonyl (C=O) groups excluding carboxylic acids is 1. The molecule has 1 aromatic heterocycles. The zero-order valence-corrected chi connectivity index (χ0v) is 12.9. The molecule has 21 heavy (non-hydrogen) atoms. The number of halogens is 1. The molecule has 0 bridgehead atoms. The van der Waals surface area contributed by atoms with Gasteiger partial charge in [-0.2, -0.15) is 0 Å². The number of hydrogen-bond acceptors (Lipinski definition) is 2. The van der Waals surface area contributed by atoms with Crippen molar-refractivity contribution in [3.63, 3.8) is 0 Å². The van der Waals surface area contributed by atoms with Gasteiger partial charge in [0.15, 0.2) is 0 Å². The Labute approximate surface area is 129 Å². The first-order valence-electron chi connectivity index (χ1n) is 7.01. The minimum Gasteiger partial charge on any atom is -0.399 e. The summed E-state index contributed by atoms with van der Waals surface area (Å²) in [5.41, 5.74) is 9.18. The molecule has 3 rings (SSSR count). The van der Waals surface area contributed by atoms with Crippen LogP contribution in [-0.4, -0.2) is 21.9 Å². The largest absolute Gasteiger partial charge is 0.399 e. The van der Waals surface area contributed by atoms with Gasteiger partial charge in [0.2, 0.25) is 0 Å². The predicted molar refractivity (Wildman–Crippen MR) is 84.5 cm³/mol. The van der Waals surface area contributed by atoms with Crippen LogP contribution < -0.4 is 5.73 Å². The minimum atomic E-state index is -0.0649. The van der Waals surface area contributed by atoms with E-state index in [-0.39, 0.29) is 11.9 Å². The highest BCUT2D eigenvalue weighted by atomic mass is 35.5. The molecule has 110 valence electrons. The molecule has 2 N–H and O–H groups in total. The molecular weight excluding hydrogens is 286 g/mol. The molecule has 1 aliphatic heterocycles. The first-order valence-corrected chi connectivity index (χ1v) is 7.39. The summed E-state index contributed by atoms with van der Waals surface area (Å²) in [4.78, 5) is 14.6. The smallest absolute Gasteiger partial charge is 0.256 e. The van der Waals surface area contributed by atoms with Gasteiger partial charge in [0.25, 0.3) is 5.91 Å². The van der Waals surface area contributed by atoms with E-state index in [9.17, 15) is 4.79 Å². The fourth-order valence-corrected chi connectivity index (χ4v) is 3.16. The Morgan fingerprint density at radius 2 is 2.05 bits per heavy atom. The predicted octanol–water partition coefficient (Wildman–Crippen LogP) is 3.25. The highest BCUT2D eigenvalue weighted by Crippen LogP contribution is 2.30. The number of fused-ring (bicyclic) bond motifs is 1. The van der Waals surface area contributed by atoms with Crippen LogP contribution in [0.15, 0.2) is 30.3 Å². The van der Waals surface area contributed by atoms with Crippen molar-refractivity contribution in [1.82, 2.24) is 9.47 Å². The molecule has 1 aliphatic rings. The monoisotopic (exact) mass is 303 g/mol. The van der Waals surface area contributed by atoms with E-state index in [1.807, 2.05) is 11.8 Å². The number of aryl methyl sites for hydroxylation is 1. The van der Waals surface area contributed by atoms with Crippen molar-refractivity contribution in [2.24, 2.45) is 0 Å². The second-order valence-electron chi connectivity index (χ2n) is 5.47. The van der Waals surface area contributed by atoms with Crippen molar-refractivity contribution in [3.05, 3.63) is 52.3 Å². The molecule has 0 aliphatic carbocycles. The van der Waals surface area contributed by atoms with Gasteiger partial charge in [-0.25, -0.2) is 0 Å². The van der Waals surface area contributed by atoms with E-state index in [0.717, 1.165) is 12.2 Å². The summed E-state index contributed by atoms with van der Waals surface area (Å²) < 4.78 is 2.26. The number of aromatic nitrogens is 1. The maximum Gasteiger partial charge on any atom is 0.256 e. The number of nitrogen functional groups attached to an aromatic ring is 1. The molecule has 1 atom stereocenters. The molecule has 4 nitrogen and oxygen atoms in total. The topological polar surface area (TPSA) is 51.3 Å². The van der Waals surface area contributed by atoms with Crippen LogP contribution in [0.25, 0.3) is 0 Å². The number of nitrogens with zero attached hydrogens (tertiary/aromatic N) is 2. The zero-order chi connectivity index (χ0) is 15.1. The maximum atomic E-state index is 12.8. The van der Waals surface area contributed by atoms with E-state index in [1.165, 1.54) is 5.69 Å². The first kappa shape index (κ1) is 14.0. The zero-order valence-electron chi connectivity index (χ0n) is 12.1. The normalized spacial score (nSPS) is 17.7. The van der Waals surface area contributed by atoms with Crippen molar-refractivity contribution in [2.45, 2.75) is 26.4 Å². The molecule has 1 amide bonds. The Bertz CT molecular complexity index is 708. The van der Waals surface area contributed by atoms with Crippen LogP contribution in [0, 0.1) is 6.92 Å². The maximum absolute atomic E-state index is 12.8. The fraction of sp³-hybridized carbons (Fsp3) is 0.312. The fourth-order valence-electron chi connectivity index (χ4n) is 2.96. The lowest BCUT2D eigenvalue weighted by Crippen LogP contribution is -2.41. The quantitative estimate of drug-likeness (QED) is 0.822. The first-order chi connectivity index (χ1) is 9.99.